The summed E-state index contributed by atoms with van der Waals surface area (Å²) in [5, 5.41) is 10.7. The number of methoxy groups -OCH3 is 1. The maximum absolute atomic E-state index is 12.9. The van der Waals surface area contributed by atoms with E-state index in [2.05, 4.69) is 15.6 Å². The molecule has 9 heteroatoms. The van der Waals surface area contributed by atoms with Gasteiger partial charge in [0.15, 0.2) is 0 Å². The van der Waals surface area contributed by atoms with Gasteiger partial charge in [0.05, 0.1) is 17.6 Å². The van der Waals surface area contributed by atoms with E-state index in [0.29, 0.717) is 25.1 Å². The van der Waals surface area contributed by atoms with Gasteiger partial charge >= 0.3 is 0 Å². The Labute approximate surface area is 161 Å². The van der Waals surface area contributed by atoms with Gasteiger partial charge < -0.3 is 9.64 Å². The van der Waals surface area contributed by atoms with E-state index in [1.54, 1.807) is 23.9 Å². The third-order valence-corrected chi connectivity index (χ3v) is 5.13. The maximum atomic E-state index is 12.9. The number of nitrogens with one attached hydrogen (secondary N) is 1. The second kappa shape index (κ2) is 7.51. The predicted octanol–water partition coefficient (Wildman–Crippen LogP) is 0.607. The average molecular weight is 383 g/mol. The summed E-state index contributed by atoms with van der Waals surface area (Å²) >= 11 is 0. The first kappa shape index (κ1) is 18.3. The molecule has 2 aliphatic heterocycles. The molecule has 0 radical (unpaired) electrons. The molecular weight excluding hydrogens is 362 g/mol. The molecule has 28 heavy (non-hydrogen) atoms. The molecule has 1 unspecified atom stereocenters. The van der Waals surface area contributed by atoms with Crippen molar-refractivity contribution in [3.8, 4) is 5.69 Å². The summed E-state index contributed by atoms with van der Waals surface area (Å²) < 4.78 is 6.73. The molecule has 1 N–H and O–H groups in total. The van der Waals surface area contributed by atoms with Crippen molar-refractivity contribution in [2.24, 2.45) is 0 Å². The second-order valence-corrected chi connectivity index (χ2v) is 6.95. The van der Waals surface area contributed by atoms with E-state index >= 15 is 0 Å². The molecule has 0 bridgehead atoms. The fourth-order valence-electron chi connectivity index (χ4n) is 3.71. The van der Waals surface area contributed by atoms with Gasteiger partial charge in [0.1, 0.15) is 6.04 Å². The monoisotopic (exact) mass is 383 g/mol. The lowest BCUT2D eigenvalue weighted by molar-refractivity contribution is -0.136. The molecular formula is C19H21N5O4. The molecule has 1 fully saturated rings. The molecule has 2 aliphatic rings. The summed E-state index contributed by atoms with van der Waals surface area (Å²) in [4.78, 5) is 38.0. The van der Waals surface area contributed by atoms with Crippen LogP contribution in [0.5, 0.6) is 0 Å². The van der Waals surface area contributed by atoms with Crippen LogP contribution in [-0.4, -0.2) is 57.4 Å². The molecule has 1 atom stereocenters. The number of nitrogens with zero attached hydrogens (tertiary/aromatic N) is 4. The normalized spacial score (nSPS) is 19.1. The molecule has 146 valence electrons. The van der Waals surface area contributed by atoms with E-state index in [4.69, 9.17) is 4.74 Å². The maximum Gasteiger partial charge on any atom is 0.255 e. The summed E-state index contributed by atoms with van der Waals surface area (Å²) in [6, 6.07) is 4.80. The van der Waals surface area contributed by atoms with Gasteiger partial charge in [-0.25, -0.2) is 4.68 Å². The van der Waals surface area contributed by atoms with Gasteiger partial charge in [0, 0.05) is 37.8 Å². The van der Waals surface area contributed by atoms with Crippen LogP contribution in [0.15, 0.2) is 24.4 Å². The van der Waals surface area contributed by atoms with Crippen molar-refractivity contribution < 1.29 is 19.1 Å². The van der Waals surface area contributed by atoms with E-state index in [0.717, 1.165) is 29.8 Å². The molecule has 2 aromatic rings. The van der Waals surface area contributed by atoms with E-state index in [9.17, 15) is 14.4 Å². The van der Waals surface area contributed by atoms with Crippen LogP contribution in [0.4, 0.5) is 0 Å². The Morgan fingerprint density at radius 1 is 1.29 bits per heavy atom. The first-order valence-corrected chi connectivity index (χ1v) is 9.25. The smallest absolute Gasteiger partial charge is 0.255 e. The van der Waals surface area contributed by atoms with Crippen molar-refractivity contribution in [1.29, 1.82) is 0 Å². The zero-order chi connectivity index (χ0) is 19.7. The number of rotatable bonds is 6. The number of fused-ring (bicyclic) bond motifs is 1. The minimum Gasteiger partial charge on any atom is -0.385 e. The summed E-state index contributed by atoms with van der Waals surface area (Å²) in [6.45, 7) is 0.957. The second-order valence-electron chi connectivity index (χ2n) is 6.95. The van der Waals surface area contributed by atoms with Crippen LogP contribution in [0.2, 0.25) is 0 Å². The fraction of sp³-hybridized carbons (Fsp3) is 0.421. The highest BCUT2D eigenvalue weighted by Gasteiger charge is 2.40. The number of aromatic nitrogens is 3. The lowest BCUT2D eigenvalue weighted by Crippen LogP contribution is -2.52. The molecule has 3 amide bonds. The van der Waals surface area contributed by atoms with Crippen LogP contribution in [-0.2, 0) is 27.3 Å². The first-order chi connectivity index (χ1) is 13.6. The largest absolute Gasteiger partial charge is 0.385 e. The number of carbonyl (C=O) groups is 3. The standard InChI is InChI=1S/C19H21N5O4/c1-28-9-3-4-12-10-24(22-21-12)15-6-2-5-13-14(15)11-23(19(13)27)16-7-8-17(25)20-18(16)26/h2,5-6,10,16H,3-4,7-9,11H2,1H3,(H,20,25,26). The lowest BCUT2D eigenvalue weighted by atomic mass is 10.0. The SMILES string of the molecule is COCCCc1cn(-c2cccc3c2CN(C2CCC(=O)NC2=O)C3=O)nn1. The highest BCUT2D eigenvalue weighted by molar-refractivity contribution is 6.05. The molecule has 4 rings (SSSR count). The molecule has 0 spiro atoms. The van der Waals surface area contributed by atoms with Gasteiger partial charge in [0.2, 0.25) is 11.8 Å². The van der Waals surface area contributed by atoms with Crippen LogP contribution < -0.4 is 5.32 Å². The van der Waals surface area contributed by atoms with Crippen LogP contribution in [0, 0.1) is 0 Å². The van der Waals surface area contributed by atoms with Crippen molar-refractivity contribution >= 4 is 17.7 Å². The van der Waals surface area contributed by atoms with E-state index in [-0.39, 0.29) is 18.2 Å². The number of amides is 3. The molecule has 1 aromatic carbocycles. The zero-order valence-corrected chi connectivity index (χ0v) is 15.6. The third-order valence-electron chi connectivity index (χ3n) is 5.13. The van der Waals surface area contributed by atoms with Crippen molar-refractivity contribution in [1.82, 2.24) is 25.2 Å². The summed E-state index contributed by atoms with van der Waals surface area (Å²) in [6.07, 6.45) is 4.03. The Balaban J connectivity index is 1.58. The average Bonchev–Trinajstić information content (AvgIpc) is 3.27. The van der Waals surface area contributed by atoms with E-state index in [1.165, 1.54) is 4.90 Å². The summed E-state index contributed by atoms with van der Waals surface area (Å²) in [7, 11) is 1.66. The van der Waals surface area contributed by atoms with Crippen LogP contribution >= 0.6 is 0 Å². The molecule has 1 saturated heterocycles. The Morgan fingerprint density at radius 3 is 2.93 bits per heavy atom. The molecule has 0 saturated carbocycles. The van der Waals surface area contributed by atoms with E-state index in [1.807, 2.05) is 12.3 Å². The molecule has 0 aliphatic carbocycles. The highest BCUT2D eigenvalue weighted by Crippen LogP contribution is 2.31. The molecule has 3 heterocycles. The minimum atomic E-state index is -0.634. The Kier molecular flexibility index (Phi) is 4.91. The van der Waals surface area contributed by atoms with Gasteiger partial charge in [-0.3, -0.25) is 19.7 Å². The third kappa shape index (κ3) is 3.29. The first-order valence-electron chi connectivity index (χ1n) is 9.25. The van der Waals surface area contributed by atoms with Gasteiger partial charge in [-0.05, 0) is 31.4 Å². The number of hydrogen-bond donors (Lipinski definition) is 1. The van der Waals surface area contributed by atoms with Crippen LogP contribution in [0.25, 0.3) is 5.69 Å². The van der Waals surface area contributed by atoms with Crippen molar-refractivity contribution in [2.45, 2.75) is 38.3 Å². The number of hydrogen-bond acceptors (Lipinski definition) is 6. The quantitative estimate of drug-likeness (QED) is 0.579. The number of imide groups is 1. The van der Waals surface area contributed by atoms with Crippen LogP contribution in [0.1, 0.15) is 40.9 Å². The molecule has 1 aromatic heterocycles. The van der Waals surface area contributed by atoms with Gasteiger partial charge in [-0.15, -0.1) is 5.10 Å². The Morgan fingerprint density at radius 2 is 2.14 bits per heavy atom. The predicted molar refractivity (Wildman–Crippen MR) is 97.6 cm³/mol. The number of piperidine rings is 1. The van der Waals surface area contributed by atoms with Crippen molar-refractivity contribution in [3.63, 3.8) is 0 Å². The van der Waals surface area contributed by atoms with Gasteiger partial charge in [-0.2, -0.15) is 0 Å². The van der Waals surface area contributed by atoms with Crippen molar-refractivity contribution in [3.05, 3.63) is 41.2 Å². The van der Waals surface area contributed by atoms with E-state index < -0.39 is 11.9 Å². The van der Waals surface area contributed by atoms with Gasteiger partial charge in [0.25, 0.3) is 5.91 Å². The topological polar surface area (TPSA) is 106 Å². The minimum absolute atomic E-state index is 0.202. The van der Waals surface area contributed by atoms with Crippen molar-refractivity contribution in [2.75, 3.05) is 13.7 Å². The lowest BCUT2D eigenvalue weighted by Gasteiger charge is -2.29. The number of benzene rings is 1. The summed E-state index contributed by atoms with van der Waals surface area (Å²) in [5.41, 5.74) is 2.98. The highest BCUT2D eigenvalue weighted by atomic mass is 16.5. The molecule has 9 nitrogen and oxygen atoms in total. The zero-order valence-electron chi connectivity index (χ0n) is 15.6. The Hall–Kier alpha value is -3.07. The Bertz CT molecular complexity index is 938. The number of carbonyl (C=O) groups excluding carboxylic acids is 3. The number of aryl methyl sites for hydroxylation is 1. The summed E-state index contributed by atoms with van der Waals surface area (Å²) in [5.74, 6) is -0.915. The van der Waals surface area contributed by atoms with Crippen LogP contribution in [0.3, 0.4) is 0 Å². The number of ether oxygens (including phenoxy) is 1. The fourth-order valence-corrected chi connectivity index (χ4v) is 3.71. The van der Waals surface area contributed by atoms with Gasteiger partial charge in [-0.1, -0.05) is 11.3 Å².